The van der Waals surface area contributed by atoms with Crippen LogP contribution in [0.4, 0.5) is 5.69 Å². The second-order valence-electron chi connectivity index (χ2n) is 10.2. The summed E-state index contributed by atoms with van der Waals surface area (Å²) in [5.41, 5.74) is 3.06. The summed E-state index contributed by atoms with van der Waals surface area (Å²) < 4.78 is 5.43. The number of ether oxygens (including phenoxy) is 1. The van der Waals surface area contributed by atoms with Gasteiger partial charge in [-0.2, -0.15) is 0 Å². The van der Waals surface area contributed by atoms with Crippen LogP contribution in [0.5, 0.6) is 5.75 Å². The molecule has 2 aromatic rings. The third kappa shape index (κ3) is 4.79. The largest absolute Gasteiger partial charge is 0.497 e. The van der Waals surface area contributed by atoms with E-state index >= 15 is 0 Å². The molecule has 1 aliphatic heterocycles. The van der Waals surface area contributed by atoms with Gasteiger partial charge in [-0.3, -0.25) is 0 Å². The van der Waals surface area contributed by atoms with Crippen LogP contribution < -0.4 is 9.64 Å². The predicted octanol–water partition coefficient (Wildman–Crippen LogP) is 5.82. The zero-order chi connectivity index (χ0) is 23.6. The van der Waals surface area contributed by atoms with Crippen LogP contribution in [-0.2, 0) is 11.2 Å². The molecule has 0 N–H and O–H groups in total. The number of aldehydes is 1. The Morgan fingerprint density at radius 1 is 1.15 bits per heavy atom. The summed E-state index contributed by atoms with van der Waals surface area (Å²) >= 11 is 6.49. The molecule has 3 atom stereocenters. The van der Waals surface area contributed by atoms with Crippen LogP contribution in [0.3, 0.4) is 0 Å². The van der Waals surface area contributed by atoms with Crippen molar-refractivity contribution in [1.82, 2.24) is 4.90 Å². The normalized spacial score (nSPS) is 25.7. The highest BCUT2D eigenvalue weighted by molar-refractivity contribution is 6.30. The summed E-state index contributed by atoms with van der Waals surface area (Å²) in [7, 11) is 5.88. The molecule has 0 radical (unpaired) electrons. The van der Waals surface area contributed by atoms with Crippen molar-refractivity contribution in [3.05, 3.63) is 58.6 Å². The third-order valence-electron chi connectivity index (χ3n) is 7.92. The van der Waals surface area contributed by atoms with Gasteiger partial charge in [0.15, 0.2) is 0 Å². The standard InChI is InChI=1S/C28H37ClN2O2/c1-28(19-32)27(21-7-5-6-8-21)25(20-9-12-24(33-4)13-10-20)18-22-17-23(29)11-14-26(22)31(28)16-15-30(2)3/h9-14,17,19,21,25,27H,5-8,15-16,18H2,1-4H3. The van der Waals surface area contributed by atoms with E-state index in [1.54, 1.807) is 7.11 Å². The van der Waals surface area contributed by atoms with Crippen LogP contribution in [0.1, 0.15) is 49.7 Å². The molecule has 0 spiro atoms. The first-order valence-electron chi connectivity index (χ1n) is 12.2. The number of nitrogens with zero attached hydrogens (tertiary/aromatic N) is 2. The summed E-state index contributed by atoms with van der Waals surface area (Å²) in [4.78, 5) is 17.7. The molecular weight excluding hydrogens is 432 g/mol. The SMILES string of the molecule is COc1ccc(C2Cc3cc(Cl)ccc3N(CCN(C)C)C(C)(C=O)C2C2CCCC2)cc1. The van der Waals surface area contributed by atoms with Crippen molar-refractivity contribution in [3.8, 4) is 5.75 Å². The molecule has 0 bridgehead atoms. The third-order valence-corrected chi connectivity index (χ3v) is 8.16. The van der Waals surface area contributed by atoms with Crippen molar-refractivity contribution in [2.45, 2.75) is 50.5 Å². The minimum absolute atomic E-state index is 0.222. The fourth-order valence-corrected chi connectivity index (χ4v) is 6.49. The van der Waals surface area contributed by atoms with E-state index in [9.17, 15) is 4.79 Å². The van der Waals surface area contributed by atoms with E-state index in [-0.39, 0.29) is 11.8 Å². The van der Waals surface area contributed by atoms with Crippen molar-refractivity contribution < 1.29 is 9.53 Å². The molecule has 2 aliphatic rings. The number of anilines is 1. The van der Waals surface area contributed by atoms with Crippen LogP contribution in [-0.4, -0.2) is 51.0 Å². The molecule has 178 valence electrons. The number of methoxy groups -OCH3 is 1. The number of rotatable bonds is 7. The average molecular weight is 469 g/mol. The van der Waals surface area contributed by atoms with Crippen LogP contribution in [0.2, 0.25) is 5.02 Å². The molecule has 0 aromatic heterocycles. The maximum atomic E-state index is 13.1. The number of benzene rings is 2. The topological polar surface area (TPSA) is 32.8 Å². The zero-order valence-corrected chi connectivity index (χ0v) is 21.1. The quantitative estimate of drug-likeness (QED) is 0.479. The Bertz CT molecular complexity index is 955. The first-order chi connectivity index (χ1) is 15.9. The van der Waals surface area contributed by atoms with Gasteiger partial charge in [-0.05, 0) is 86.7 Å². The lowest BCUT2D eigenvalue weighted by molar-refractivity contribution is -0.114. The van der Waals surface area contributed by atoms with E-state index in [0.717, 1.165) is 36.0 Å². The summed E-state index contributed by atoms with van der Waals surface area (Å²) in [6.45, 7) is 3.87. The Labute approximate surface area is 203 Å². The van der Waals surface area contributed by atoms with Gasteiger partial charge < -0.3 is 19.3 Å². The second-order valence-corrected chi connectivity index (χ2v) is 10.7. The van der Waals surface area contributed by atoms with Gasteiger partial charge in [-0.15, -0.1) is 0 Å². The number of fused-ring (bicyclic) bond motifs is 1. The van der Waals surface area contributed by atoms with Gasteiger partial charge in [0, 0.05) is 23.8 Å². The number of hydrogen-bond acceptors (Lipinski definition) is 4. The Balaban J connectivity index is 1.89. The molecule has 3 unspecified atom stereocenters. The van der Waals surface area contributed by atoms with Crippen molar-refractivity contribution in [1.29, 1.82) is 0 Å². The van der Waals surface area contributed by atoms with Gasteiger partial charge in [-0.1, -0.05) is 49.4 Å². The van der Waals surface area contributed by atoms with E-state index in [0.29, 0.717) is 5.92 Å². The molecular formula is C28H37ClN2O2. The number of hydrogen-bond donors (Lipinski definition) is 0. The number of carbonyl (C=O) groups is 1. The Hall–Kier alpha value is -2.04. The van der Waals surface area contributed by atoms with Crippen molar-refractivity contribution >= 4 is 23.6 Å². The van der Waals surface area contributed by atoms with Gasteiger partial charge in [-0.25, -0.2) is 0 Å². The van der Waals surface area contributed by atoms with Gasteiger partial charge in [0.25, 0.3) is 0 Å². The van der Waals surface area contributed by atoms with Crippen molar-refractivity contribution in [3.63, 3.8) is 0 Å². The monoisotopic (exact) mass is 468 g/mol. The number of likely N-dealkylation sites (N-methyl/N-ethyl adjacent to an activating group) is 1. The molecule has 0 saturated heterocycles. The molecule has 1 heterocycles. The van der Waals surface area contributed by atoms with E-state index in [2.05, 4.69) is 55.1 Å². The maximum absolute atomic E-state index is 13.1. The Kier molecular flexibility index (Phi) is 7.35. The minimum Gasteiger partial charge on any atom is -0.497 e. The Morgan fingerprint density at radius 3 is 2.45 bits per heavy atom. The van der Waals surface area contributed by atoms with E-state index < -0.39 is 5.54 Å². The molecule has 5 heteroatoms. The fourth-order valence-electron chi connectivity index (χ4n) is 6.29. The average Bonchev–Trinajstić information content (AvgIpc) is 3.30. The number of carbonyl (C=O) groups excluding carboxylic acids is 1. The van der Waals surface area contributed by atoms with E-state index in [1.165, 1.54) is 43.1 Å². The smallest absolute Gasteiger partial charge is 0.145 e. The fraction of sp³-hybridized carbons (Fsp3) is 0.536. The molecule has 33 heavy (non-hydrogen) atoms. The summed E-state index contributed by atoms with van der Waals surface area (Å²) in [6.07, 6.45) is 7.01. The molecule has 0 amide bonds. The minimum atomic E-state index is -0.602. The summed E-state index contributed by atoms with van der Waals surface area (Å²) in [5, 5.41) is 0.752. The van der Waals surface area contributed by atoms with Gasteiger partial charge in [0.2, 0.25) is 0 Å². The number of halogens is 1. The van der Waals surface area contributed by atoms with Crippen molar-refractivity contribution in [2.75, 3.05) is 39.2 Å². The molecule has 1 aliphatic carbocycles. The highest BCUT2D eigenvalue weighted by Gasteiger charge is 2.50. The van der Waals surface area contributed by atoms with E-state index in [1.807, 2.05) is 18.2 Å². The molecule has 4 rings (SSSR count). The van der Waals surface area contributed by atoms with Crippen LogP contribution in [0, 0.1) is 11.8 Å². The lowest BCUT2D eigenvalue weighted by Gasteiger charge is -2.48. The van der Waals surface area contributed by atoms with Crippen LogP contribution in [0.15, 0.2) is 42.5 Å². The first-order valence-corrected chi connectivity index (χ1v) is 12.6. The maximum Gasteiger partial charge on any atom is 0.145 e. The predicted molar refractivity (Wildman–Crippen MR) is 137 cm³/mol. The Morgan fingerprint density at radius 2 is 1.85 bits per heavy atom. The lowest BCUT2D eigenvalue weighted by Crippen LogP contribution is -2.57. The second kappa shape index (κ2) is 10.1. The highest BCUT2D eigenvalue weighted by Crippen LogP contribution is 2.52. The van der Waals surface area contributed by atoms with Gasteiger partial charge >= 0.3 is 0 Å². The first kappa shape index (κ1) is 24.1. The highest BCUT2D eigenvalue weighted by atomic mass is 35.5. The van der Waals surface area contributed by atoms with Crippen LogP contribution in [0.25, 0.3) is 0 Å². The van der Waals surface area contributed by atoms with Gasteiger partial charge in [0.05, 0.1) is 12.6 Å². The van der Waals surface area contributed by atoms with E-state index in [4.69, 9.17) is 16.3 Å². The van der Waals surface area contributed by atoms with Crippen LogP contribution >= 0.6 is 11.6 Å². The summed E-state index contributed by atoms with van der Waals surface area (Å²) in [6, 6.07) is 14.7. The molecule has 1 fully saturated rings. The molecule has 1 saturated carbocycles. The lowest BCUT2D eigenvalue weighted by atomic mass is 9.66. The molecule has 4 nitrogen and oxygen atoms in total. The molecule has 2 aromatic carbocycles. The summed E-state index contributed by atoms with van der Waals surface area (Å²) in [5.74, 6) is 1.84. The zero-order valence-electron chi connectivity index (χ0n) is 20.4. The van der Waals surface area contributed by atoms with Gasteiger partial charge in [0.1, 0.15) is 12.0 Å². The van der Waals surface area contributed by atoms with Crippen molar-refractivity contribution in [2.24, 2.45) is 11.8 Å².